The number of anilines is 1. The second-order valence-corrected chi connectivity index (χ2v) is 5.77. The van der Waals surface area contributed by atoms with Crippen LogP contribution in [0, 0.1) is 5.82 Å². The van der Waals surface area contributed by atoms with Crippen molar-refractivity contribution in [3.05, 3.63) is 63.9 Å². The summed E-state index contributed by atoms with van der Waals surface area (Å²) in [6, 6.07) is 12.1. The fourth-order valence-corrected chi connectivity index (χ4v) is 2.50. The molecule has 0 bridgehead atoms. The van der Waals surface area contributed by atoms with E-state index in [-0.39, 0.29) is 11.9 Å². The van der Waals surface area contributed by atoms with Crippen molar-refractivity contribution in [3.63, 3.8) is 0 Å². The van der Waals surface area contributed by atoms with E-state index in [4.69, 9.17) is 18.0 Å². The van der Waals surface area contributed by atoms with Gasteiger partial charge in [-0.05, 0) is 58.7 Å². The normalized spacial score (nSPS) is 11.9. The Kier molecular flexibility index (Phi) is 4.73. The molecule has 0 fully saturated rings. The zero-order valence-corrected chi connectivity index (χ0v) is 13.3. The standard InChI is InChI=1S/C15H14BrFN2S/c1-9(10-3-2-4-12(17)7-10)19-14-6-5-11(15(18)20)8-13(14)16/h2-9,19H,1H3,(H2,18,20). The van der Waals surface area contributed by atoms with E-state index in [1.54, 1.807) is 6.07 Å². The Morgan fingerprint density at radius 1 is 1.30 bits per heavy atom. The summed E-state index contributed by atoms with van der Waals surface area (Å²) in [6.45, 7) is 1.97. The van der Waals surface area contributed by atoms with E-state index in [1.165, 1.54) is 12.1 Å². The van der Waals surface area contributed by atoms with Crippen LogP contribution in [0.1, 0.15) is 24.1 Å². The van der Waals surface area contributed by atoms with E-state index in [0.717, 1.165) is 21.3 Å². The molecule has 1 unspecified atom stereocenters. The maximum absolute atomic E-state index is 13.2. The Morgan fingerprint density at radius 2 is 2.05 bits per heavy atom. The first kappa shape index (κ1) is 14.9. The molecule has 0 saturated carbocycles. The number of halogens is 2. The maximum Gasteiger partial charge on any atom is 0.123 e. The summed E-state index contributed by atoms with van der Waals surface area (Å²) >= 11 is 8.42. The number of nitrogens with two attached hydrogens (primary N) is 1. The summed E-state index contributed by atoms with van der Waals surface area (Å²) in [6.07, 6.45) is 0. The van der Waals surface area contributed by atoms with Gasteiger partial charge in [-0.3, -0.25) is 0 Å². The maximum atomic E-state index is 13.2. The van der Waals surface area contributed by atoms with Gasteiger partial charge in [0.15, 0.2) is 0 Å². The average Bonchev–Trinajstić information content (AvgIpc) is 2.40. The average molecular weight is 353 g/mol. The zero-order valence-electron chi connectivity index (χ0n) is 10.9. The molecule has 1 atom stereocenters. The Labute approximate surface area is 131 Å². The Balaban J connectivity index is 2.19. The molecule has 0 radical (unpaired) electrons. The Hall–Kier alpha value is -1.46. The molecule has 0 aliphatic rings. The molecule has 20 heavy (non-hydrogen) atoms. The third-order valence-corrected chi connectivity index (χ3v) is 3.87. The van der Waals surface area contributed by atoms with Gasteiger partial charge in [0, 0.05) is 21.8 Å². The molecule has 0 spiro atoms. The molecular formula is C15H14BrFN2S. The topological polar surface area (TPSA) is 38.0 Å². The van der Waals surface area contributed by atoms with Crippen LogP contribution >= 0.6 is 28.1 Å². The van der Waals surface area contributed by atoms with Crippen molar-refractivity contribution in [1.29, 1.82) is 0 Å². The van der Waals surface area contributed by atoms with Gasteiger partial charge >= 0.3 is 0 Å². The van der Waals surface area contributed by atoms with Crippen molar-refractivity contribution >= 4 is 38.8 Å². The molecule has 2 nitrogen and oxygen atoms in total. The van der Waals surface area contributed by atoms with E-state index in [1.807, 2.05) is 31.2 Å². The van der Waals surface area contributed by atoms with Gasteiger partial charge < -0.3 is 11.1 Å². The molecule has 0 saturated heterocycles. The first-order valence-corrected chi connectivity index (χ1v) is 7.29. The number of hydrogen-bond donors (Lipinski definition) is 2. The van der Waals surface area contributed by atoms with Crippen LogP contribution in [0.3, 0.4) is 0 Å². The number of nitrogens with one attached hydrogen (secondary N) is 1. The molecule has 2 aromatic rings. The summed E-state index contributed by atoms with van der Waals surface area (Å²) in [4.78, 5) is 0.357. The molecule has 2 aromatic carbocycles. The van der Waals surface area contributed by atoms with Crippen LogP contribution in [-0.2, 0) is 0 Å². The van der Waals surface area contributed by atoms with Gasteiger partial charge in [-0.1, -0.05) is 24.4 Å². The van der Waals surface area contributed by atoms with Crippen LogP contribution in [0.5, 0.6) is 0 Å². The molecule has 0 amide bonds. The van der Waals surface area contributed by atoms with E-state index < -0.39 is 0 Å². The summed E-state index contributed by atoms with van der Waals surface area (Å²) in [7, 11) is 0. The minimum atomic E-state index is -0.237. The molecule has 0 heterocycles. The lowest BCUT2D eigenvalue weighted by molar-refractivity contribution is 0.623. The largest absolute Gasteiger partial charge is 0.389 e. The summed E-state index contributed by atoms with van der Waals surface area (Å²) in [5, 5.41) is 3.32. The number of rotatable bonds is 4. The second-order valence-electron chi connectivity index (χ2n) is 4.48. The molecule has 0 aliphatic carbocycles. The molecule has 104 valence electrons. The van der Waals surface area contributed by atoms with Crippen LogP contribution in [0.25, 0.3) is 0 Å². The monoisotopic (exact) mass is 352 g/mol. The van der Waals surface area contributed by atoms with Crippen molar-refractivity contribution in [2.45, 2.75) is 13.0 Å². The predicted molar refractivity (Wildman–Crippen MR) is 88.5 cm³/mol. The van der Waals surface area contributed by atoms with Gasteiger partial charge in [-0.15, -0.1) is 0 Å². The third kappa shape index (κ3) is 3.55. The quantitative estimate of drug-likeness (QED) is 0.801. The number of thiocarbonyl (C=S) groups is 1. The molecule has 2 rings (SSSR count). The van der Waals surface area contributed by atoms with Gasteiger partial charge in [0.2, 0.25) is 0 Å². The van der Waals surface area contributed by atoms with Crippen LogP contribution in [0.4, 0.5) is 10.1 Å². The highest BCUT2D eigenvalue weighted by atomic mass is 79.9. The lowest BCUT2D eigenvalue weighted by Gasteiger charge is -2.17. The summed E-state index contributed by atoms with van der Waals surface area (Å²) < 4.78 is 14.1. The minimum absolute atomic E-state index is 0.0160. The van der Waals surface area contributed by atoms with Crippen molar-refractivity contribution in [3.8, 4) is 0 Å². The van der Waals surface area contributed by atoms with Gasteiger partial charge in [-0.2, -0.15) is 0 Å². The number of hydrogen-bond acceptors (Lipinski definition) is 2. The first-order chi connectivity index (χ1) is 9.47. The molecule has 5 heteroatoms. The predicted octanol–water partition coefficient (Wildman–Crippen LogP) is 4.40. The van der Waals surface area contributed by atoms with E-state index in [9.17, 15) is 4.39 Å². The fraction of sp³-hybridized carbons (Fsp3) is 0.133. The first-order valence-electron chi connectivity index (χ1n) is 6.08. The minimum Gasteiger partial charge on any atom is -0.389 e. The van der Waals surface area contributed by atoms with Gasteiger partial charge in [-0.25, -0.2) is 4.39 Å². The summed E-state index contributed by atoms with van der Waals surface area (Å²) in [5.74, 6) is -0.237. The van der Waals surface area contributed by atoms with Crippen molar-refractivity contribution in [1.82, 2.24) is 0 Å². The van der Waals surface area contributed by atoms with Gasteiger partial charge in [0.25, 0.3) is 0 Å². The zero-order chi connectivity index (χ0) is 14.7. The van der Waals surface area contributed by atoms with E-state index in [2.05, 4.69) is 21.2 Å². The molecule has 0 aliphatic heterocycles. The smallest absolute Gasteiger partial charge is 0.123 e. The highest BCUT2D eigenvalue weighted by Gasteiger charge is 2.09. The second kappa shape index (κ2) is 6.33. The molecule has 0 aromatic heterocycles. The number of benzene rings is 2. The van der Waals surface area contributed by atoms with Crippen molar-refractivity contribution < 1.29 is 4.39 Å². The van der Waals surface area contributed by atoms with Crippen LogP contribution in [0.15, 0.2) is 46.9 Å². The van der Waals surface area contributed by atoms with E-state index in [0.29, 0.717) is 4.99 Å². The highest BCUT2D eigenvalue weighted by molar-refractivity contribution is 9.10. The fourth-order valence-electron chi connectivity index (χ4n) is 1.88. The Morgan fingerprint density at radius 3 is 2.65 bits per heavy atom. The van der Waals surface area contributed by atoms with Gasteiger partial charge in [0.05, 0.1) is 0 Å². The lowest BCUT2D eigenvalue weighted by Crippen LogP contribution is -2.11. The molecule has 3 N–H and O–H groups in total. The highest BCUT2D eigenvalue weighted by Crippen LogP contribution is 2.27. The van der Waals surface area contributed by atoms with Crippen molar-refractivity contribution in [2.75, 3.05) is 5.32 Å². The summed E-state index contributed by atoms with van der Waals surface area (Å²) in [5.41, 5.74) is 8.18. The SMILES string of the molecule is CC(Nc1ccc(C(N)=S)cc1Br)c1cccc(F)c1. The van der Waals surface area contributed by atoms with Crippen molar-refractivity contribution in [2.24, 2.45) is 5.73 Å². The van der Waals surface area contributed by atoms with E-state index >= 15 is 0 Å². The van der Waals surface area contributed by atoms with Gasteiger partial charge in [0.1, 0.15) is 10.8 Å². The lowest BCUT2D eigenvalue weighted by atomic mass is 10.1. The third-order valence-electron chi connectivity index (χ3n) is 2.97. The Bertz CT molecular complexity index is 646. The van der Waals surface area contributed by atoms with Crippen LogP contribution in [-0.4, -0.2) is 4.99 Å². The van der Waals surface area contributed by atoms with Crippen LogP contribution < -0.4 is 11.1 Å². The van der Waals surface area contributed by atoms with Crippen LogP contribution in [0.2, 0.25) is 0 Å². The molecular weight excluding hydrogens is 339 g/mol.